The van der Waals surface area contributed by atoms with Crippen LogP contribution in [0.4, 0.5) is 5.69 Å². The minimum atomic E-state index is -0.0451. The van der Waals surface area contributed by atoms with Gasteiger partial charge in [-0.05, 0) is 24.3 Å². The molecule has 4 nitrogen and oxygen atoms in total. The monoisotopic (exact) mass is 308 g/mol. The minimum absolute atomic E-state index is 0.0451. The molecule has 0 saturated heterocycles. The number of carbonyl (C=O) groups excluding carboxylic acids is 1. The number of nitrogens with two attached hydrogens (primary N) is 1. The molecule has 2 aromatic carbocycles. The van der Waals surface area contributed by atoms with Crippen molar-refractivity contribution in [3.8, 4) is 6.07 Å². The maximum atomic E-state index is 12.1. The van der Waals surface area contributed by atoms with E-state index in [0.717, 1.165) is 0 Å². The Hall–Kier alpha value is -2.64. The molecule has 0 aromatic heterocycles. The fourth-order valence-electron chi connectivity index (χ4n) is 2.54. The van der Waals surface area contributed by atoms with Crippen LogP contribution in [-0.4, -0.2) is 12.5 Å². The summed E-state index contributed by atoms with van der Waals surface area (Å²) in [6, 6.07) is 19.4. The highest BCUT2D eigenvalue weighted by Crippen LogP contribution is 2.16. The summed E-state index contributed by atoms with van der Waals surface area (Å²) in [5, 5.41) is 13.7. The molecule has 0 aliphatic carbocycles. The van der Waals surface area contributed by atoms with Crippen LogP contribution in [0.5, 0.6) is 0 Å². The number of carbonyl (C=O) groups is 1. The van der Waals surface area contributed by atoms with Gasteiger partial charge in [-0.1, -0.05) is 44.2 Å². The number of hydrogen-bond acceptors (Lipinski definition) is 2. The van der Waals surface area contributed by atoms with Crippen molar-refractivity contribution < 1.29 is 10.1 Å². The fourth-order valence-corrected chi connectivity index (χ4v) is 2.54. The van der Waals surface area contributed by atoms with Crippen molar-refractivity contribution >= 4 is 11.6 Å². The second-order valence-corrected chi connectivity index (χ2v) is 5.86. The topological polar surface area (TPSA) is 69.5 Å². The van der Waals surface area contributed by atoms with Crippen LogP contribution in [0.15, 0.2) is 54.6 Å². The van der Waals surface area contributed by atoms with Crippen molar-refractivity contribution in [2.75, 3.05) is 11.9 Å². The summed E-state index contributed by atoms with van der Waals surface area (Å²) in [5.41, 5.74) is 2.52. The second kappa shape index (κ2) is 8.11. The lowest BCUT2D eigenvalue weighted by Crippen LogP contribution is -2.88. The third kappa shape index (κ3) is 4.94. The molecule has 0 saturated carbocycles. The molecule has 1 amide bonds. The molecule has 3 N–H and O–H groups in total. The van der Waals surface area contributed by atoms with Gasteiger partial charge in [0.15, 0.2) is 6.54 Å². The standard InChI is InChI=1S/C19H21N3O/c1-14(2)19(16-6-4-3-5-7-16)21-13-18(23)22-17-10-8-15(12-20)9-11-17/h3-11,14,19,21H,13H2,1-2H3,(H,22,23)/p+1/t19-/m1/s1. The number of nitriles is 1. The van der Waals surface area contributed by atoms with Crippen molar-refractivity contribution in [1.29, 1.82) is 5.26 Å². The lowest BCUT2D eigenvalue weighted by Gasteiger charge is -2.19. The molecule has 23 heavy (non-hydrogen) atoms. The predicted molar refractivity (Wildman–Crippen MR) is 90.6 cm³/mol. The molecular formula is C19H22N3O+. The van der Waals surface area contributed by atoms with E-state index in [4.69, 9.17) is 5.26 Å². The first-order valence-corrected chi connectivity index (χ1v) is 7.78. The number of anilines is 1. The van der Waals surface area contributed by atoms with Gasteiger partial charge in [0, 0.05) is 17.2 Å². The molecule has 0 aliphatic rings. The lowest BCUT2D eigenvalue weighted by molar-refractivity contribution is -0.692. The van der Waals surface area contributed by atoms with Crippen LogP contribution >= 0.6 is 0 Å². The van der Waals surface area contributed by atoms with Gasteiger partial charge in [-0.25, -0.2) is 0 Å². The first kappa shape index (κ1) is 16.7. The van der Waals surface area contributed by atoms with Crippen molar-refractivity contribution in [3.05, 3.63) is 65.7 Å². The average Bonchev–Trinajstić information content (AvgIpc) is 2.56. The summed E-state index contributed by atoms with van der Waals surface area (Å²) in [5.74, 6) is 0.386. The molecule has 2 rings (SSSR count). The van der Waals surface area contributed by atoms with Gasteiger partial charge in [-0.2, -0.15) is 5.26 Å². The maximum absolute atomic E-state index is 12.1. The Kier molecular flexibility index (Phi) is 5.90. The molecule has 0 bridgehead atoms. The summed E-state index contributed by atoms with van der Waals surface area (Å²) >= 11 is 0. The first-order chi connectivity index (χ1) is 11.1. The molecule has 0 aliphatic heterocycles. The Bertz CT molecular complexity index is 672. The van der Waals surface area contributed by atoms with Gasteiger partial charge in [0.1, 0.15) is 6.04 Å². The van der Waals surface area contributed by atoms with Crippen LogP contribution in [0.3, 0.4) is 0 Å². The SMILES string of the molecule is CC(C)[C@@H]([NH2+]CC(=O)Nc1ccc(C#N)cc1)c1ccccc1. The molecule has 0 heterocycles. The molecule has 4 heteroatoms. The number of nitrogens with zero attached hydrogens (tertiary/aromatic N) is 1. The zero-order valence-electron chi connectivity index (χ0n) is 13.5. The normalized spacial score (nSPS) is 11.7. The lowest BCUT2D eigenvalue weighted by atomic mass is 9.96. The maximum Gasteiger partial charge on any atom is 0.279 e. The zero-order chi connectivity index (χ0) is 16.7. The Morgan fingerprint density at radius 2 is 1.78 bits per heavy atom. The van der Waals surface area contributed by atoms with Gasteiger partial charge in [-0.15, -0.1) is 0 Å². The van der Waals surface area contributed by atoms with Crippen molar-refractivity contribution in [3.63, 3.8) is 0 Å². The molecule has 0 radical (unpaired) electrons. The number of amides is 1. The average molecular weight is 308 g/mol. The highest BCUT2D eigenvalue weighted by molar-refractivity contribution is 5.91. The summed E-state index contributed by atoms with van der Waals surface area (Å²) in [6.07, 6.45) is 0. The largest absolute Gasteiger partial charge is 0.332 e. The van der Waals surface area contributed by atoms with Crippen molar-refractivity contribution in [2.45, 2.75) is 19.9 Å². The number of benzene rings is 2. The van der Waals surface area contributed by atoms with E-state index < -0.39 is 0 Å². The molecule has 2 aromatic rings. The molecule has 0 unspecified atom stereocenters. The van der Waals surface area contributed by atoms with Crippen molar-refractivity contribution in [2.24, 2.45) is 5.92 Å². The number of nitrogens with one attached hydrogen (secondary N) is 1. The van der Waals surface area contributed by atoms with Crippen LogP contribution in [0.25, 0.3) is 0 Å². The van der Waals surface area contributed by atoms with Crippen LogP contribution in [0.2, 0.25) is 0 Å². The van der Waals surface area contributed by atoms with E-state index in [0.29, 0.717) is 23.7 Å². The number of hydrogen-bond donors (Lipinski definition) is 2. The van der Waals surface area contributed by atoms with Crippen LogP contribution in [0, 0.1) is 17.2 Å². The Labute approximate surface area is 137 Å². The van der Waals surface area contributed by atoms with Gasteiger partial charge in [0.25, 0.3) is 5.91 Å². The van der Waals surface area contributed by atoms with Gasteiger partial charge in [0.05, 0.1) is 11.6 Å². The quantitative estimate of drug-likeness (QED) is 0.860. The summed E-state index contributed by atoms with van der Waals surface area (Å²) in [4.78, 5) is 12.1. The first-order valence-electron chi connectivity index (χ1n) is 7.78. The van der Waals surface area contributed by atoms with Crippen LogP contribution < -0.4 is 10.6 Å². The Morgan fingerprint density at radius 1 is 1.13 bits per heavy atom. The smallest absolute Gasteiger partial charge is 0.279 e. The van der Waals surface area contributed by atoms with Gasteiger partial charge in [-0.3, -0.25) is 4.79 Å². The predicted octanol–water partition coefficient (Wildman–Crippen LogP) is 2.46. The van der Waals surface area contributed by atoms with Crippen molar-refractivity contribution in [1.82, 2.24) is 0 Å². The van der Waals surface area contributed by atoms with E-state index in [9.17, 15) is 4.79 Å². The van der Waals surface area contributed by atoms with E-state index >= 15 is 0 Å². The van der Waals surface area contributed by atoms with Gasteiger partial charge >= 0.3 is 0 Å². The third-order valence-corrected chi connectivity index (χ3v) is 3.76. The van der Waals surface area contributed by atoms with E-state index in [1.54, 1.807) is 24.3 Å². The Balaban J connectivity index is 1.92. The zero-order valence-corrected chi connectivity index (χ0v) is 13.5. The number of rotatable bonds is 6. The van der Waals surface area contributed by atoms with Gasteiger partial charge < -0.3 is 10.6 Å². The van der Waals surface area contributed by atoms with Crippen LogP contribution in [0.1, 0.15) is 31.0 Å². The summed E-state index contributed by atoms with van der Waals surface area (Å²) in [6.45, 7) is 4.68. The van der Waals surface area contributed by atoms with Crippen LogP contribution in [-0.2, 0) is 4.79 Å². The van der Waals surface area contributed by atoms with E-state index in [-0.39, 0.29) is 11.9 Å². The molecule has 1 atom stereocenters. The summed E-state index contributed by atoms with van der Waals surface area (Å²) < 4.78 is 0. The number of quaternary nitrogens is 1. The molecule has 118 valence electrons. The van der Waals surface area contributed by atoms with Gasteiger partial charge in [0.2, 0.25) is 0 Å². The highest BCUT2D eigenvalue weighted by Gasteiger charge is 2.20. The second-order valence-electron chi connectivity index (χ2n) is 5.86. The molecular weight excluding hydrogens is 286 g/mol. The molecule has 0 spiro atoms. The van der Waals surface area contributed by atoms with E-state index in [1.807, 2.05) is 18.2 Å². The minimum Gasteiger partial charge on any atom is -0.332 e. The highest BCUT2D eigenvalue weighted by atomic mass is 16.1. The Morgan fingerprint density at radius 3 is 2.35 bits per heavy atom. The fraction of sp³-hybridized carbons (Fsp3) is 0.263. The van der Waals surface area contributed by atoms with E-state index in [2.05, 4.69) is 42.7 Å². The summed E-state index contributed by atoms with van der Waals surface area (Å²) in [7, 11) is 0. The van der Waals surface area contributed by atoms with E-state index in [1.165, 1.54) is 5.56 Å². The third-order valence-electron chi connectivity index (χ3n) is 3.76. The molecule has 0 fully saturated rings.